The summed E-state index contributed by atoms with van der Waals surface area (Å²) in [6.07, 6.45) is 4.37. The van der Waals surface area contributed by atoms with Crippen molar-refractivity contribution in [2.45, 2.75) is 25.9 Å². The van der Waals surface area contributed by atoms with Gasteiger partial charge in [0.1, 0.15) is 0 Å². The van der Waals surface area contributed by atoms with Gasteiger partial charge < -0.3 is 4.57 Å². The van der Waals surface area contributed by atoms with E-state index in [1.165, 1.54) is 18.4 Å². The fourth-order valence-corrected chi connectivity index (χ4v) is 3.94. The highest BCUT2D eigenvalue weighted by Gasteiger charge is 2.20. The number of benzene rings is 2. The van der Waals surface area contributed by atoms with E-state index in [-0.39, 0.29) is 5.56 Å². The zero-order chi connectivity index (χ0) is 17.1. The summed E-state index contributed by atoms with van der Waals surface area (Å²) in [4.78, 5) is 15.2. The maximum atomic E-state index is 12.7. The maximum Gasteiger partial charge on any atom is 0.258 e. The average molecular weight is 332 g/mol. The van der Waals surface area contributed by atoms with Crippen molar-refractivity contribution in [1.29, 1.82) is 0 Å². The lowest BCUT2D eigenvalue weighted by molar-refractivity contribution is 0.155. The molecule has 1 saturated heterocycles. The van der Waals surface area contributed by atoms with Crippen molar-refractivity contribution in [3.8, 4) is 0 Å². The second-order valence-electron chi connectivity index (χ2n) is 7.09. The van der Waals surface area contributed by atoms with Crippen LogP contribution in [0.15, 0.2) is 71.7 Å². The molecule has 0 aliphatic carbocycles. The van der Waals surface area contributed by atoms with Crippen molar-refractivity contribution in [3.63, 3.8) is 0 Å². The summed E-state index contributed by atoms with van der Waals surface area (Å²) in [6, 6.07) is 20.6. The molecule has 0 amide bonds. The van der Waals surface area contributed by atoms with Crippen LogP contribution in [0.2, 0.25) is 0 Å². The number of aromatic nitrogens is 1. The average Bonchev–Trinajstić information content (AvgIpc) is 2.65. The van der Waals surface area contributed by atoms with Gasteiger partial charge in [0.15, 0.2) is 0 Å². The zero-order valence-corrected chi connectivity index (χ0v) is 14.5. The fourth-order valence-electron chi connectivity index (χ4n) is 3.94. The first kappa shape index (κ1) is 16.1. The highest BCUT2D eigenvalue weighted by atomic mass is 16.1. The quantitative estimate of drug-likeness (QED) is 0.724. The molecule has 4 rings (SSSR count). The van der Waals surface area contributed by atoms with Crippen LogP contribution in [0.5, 0.6) is 0 Å². The van der Waals surface area contributed by atoms with Crippen molar-refractivity contribution < 1.29 is 0 Å². The first-order valence-electron chi connectivity index (χ1n) is 9.14. The van der Waals surface area contributed by atoms with Gasteiger partial charge in [-0.05, 0) is 48.4 Å². The van der Waals surface area contributed by atoms with Crippen LogP contribution in [0.25, 0.3) is 10.8 Å². The van der Waals surface area contributed by atoms with Gasteiger partial charge >= 0.3 is 0 Å². The molecule has 2 aromatic carbocycles. The highest BCUT2D eigenvalue weighted by molar-refractivity contribution is 5.81. The molecule has 0 unspecified atom stereocenters. The van der Waals surface area contributed by atoms with Crippen molar-refractivity contribution in [1.82, 2.24) is 9.47 Å². The molecule has 1 aliphatic rings. The van der Waals surface area contributed by atoms with Gasteiger partial charge in [-0.1, -0.05) is 48.5 Å². The van der Waals surface area contributed by atoms with Crippen LogP contribution in [0.3, 0.4) is 0 Å². The number of likely N-dealkylation sites (tertiary alicyclic amines) is 1. The molecule has 1 fully saturated rings. The Morgan fingerprint density at radius 3 is 2.64 bits per heavy atom. The molecule has 1 aromatic heterocycles. The van der Waals surface area contributed by atoms with Gasteiger partial charge in [0, 0.05) is 31.2 Å². The first-order chi connectivity index (χ1) is 12.3. The van der Waals surface area contributed by atoms with E-state index < -0.39 is 0 Å². The lowest BCUT2D eigenvalue weighted by Crippen LogP contribution is -2.38. The third-order valence-electron chi connectivity index (χ3n) is 5.19. The van der Waals surface area contributed by atoms with Crippen molar-refractivity contribution in [2.75, 3.05) is 13.1 Å². The van der Waals surface area contributed by atoms with E-state index in [1.54, 1.807) is 0 Å². The van der Waals surface area contributed by atoms with Crippen LogP contribution >= 0.6 is 0 Å². The summed E-state index contributed by atoms with van der Waals surface area (Å²) in [5.41, 5.74) is 1.50. The Morgan fingerprint density at radius 2 is 1.76 bits per heavy atom. The van der Waals surface area contributed by atoms with Crippen molar-refractivity contribution >= 4 is 10.8 Å². The maximum absolute atomic E-state index is 12.7. The summed E-state index contributed by atoms with van der Waals surface area (Å²) in [5.74, 6) is 0.538. The number of pyridine rings is 1. The summed E-state index contributed by atoms with van der Waals surface area (Å²) in [6.45, 7) is 4.03. The van der Waals surface area contributed by atoms with E-state index in [0.29, 0.717) is 5.92 Å². The predicted octanol–water partition coefficient (Wildman–Crippen LogP) is 3.91. The molecule has 3 heteroatoms. The number of nitrogens with zero attached hydrogens (tertiary/aromatic N) is 2. The second-order valence-corrected chi connectivity index (χ2v) is 7.09. The summed E-state index contributed by atoms with van der Waals surface area (Å²) < 4.78 is 1.90. The third-order valence-corrected chi connectivity index (χ3v) is 5.19. The molecule has 0 spiro atoms. The van der Waals surface area contributed by atoms with Gasteiger partial charge in [0.2, 0.25) is 0 Å². The standard InChI is InChI=1S/C22H24N2O/c25-22-21-11-5-4-10-20(21)12-14-24(22)17-19-9-6-13-23(16-19)15-18-7-2-1-3-8-18/h1-5,7-8,10-12,14,19H,6,9,13,15-17H2/t19-/m1/s1. The zero-order valence-electron chi connectivity index (χ0n) is 14.5. The van der Waals surface area contributed by atoms with E-state index in [9.17, 15) is 4.79 Å². The van der Waals surface area contributed by atoms with E-state index in [2.05, 4.69) is 41.3 Å². The largest absolute Gasteiger partial charge is 0.315 e. The number of rotatable bonds is 4. The Hall–Kier alpha value is -2.39. The van der Waals surface area contributed by atoms with Crippen molar-refractivity contribution in [2.24, 2.45) is 5.92 Å². The van der Waals surface area contributed by atoms with E-state index in [1.807, 2.05) is 35.0 Å². The predicted molar refractivity (Wildman–Crippen MR) is 103 cm³/mol. The number of fused-ring (bicyclic) bond motifs is 1. The van der Waals surface area contributed by atoms with Gasteiger partial charge in [0.05, 0.1) is 0 Å². The Morgan fingerprint density at radius 1 is 0.960 bits per heavy atom. The molecule has 1 atom stereocenters. The first-order valence-corrected chi connectivity index (χ1v) is 9.14. The van der Waals surface area contributed by atoms with Crippen LogP contribution < -0.4 is 5.56 Å². The van der Waals surface area contributed by atoms with Gasteiger partial charge in [-0.15, -0.1) is 0 Å². The summed E-state index contributed by atoms with van der Waals surface area (Å²) in [5, 5.41) is 1.85. The third kappa shape index (κ3) is 3.67. The minimum atomic E-state index is 0.137. The van der Waals surface area contributed by atoms with Gasteiger partial charge in [-0.3, -0.25) is 9.69 Å². The molecule has 0 bridgehead atoms. The lowest BCUT2D eigenvalue weighted by Gasteiger charge is -2.33. The molecule has 0 saturated carbocycles. The van der Waals surface area contributed by atoms with Crippen LogP contribution in [-0.4, -0.2) is 22.6 Å². The van der Waals surface area contributed by atoms with Gasteiger partial charge in [0.25, 0.3) is 5.56 Å². The van der Waals surface area contributed by atoms with E-state index >= 15 is 0 Å². The van der Waals surface area contributed by atoms with Crippen LogP contribution in [0.1, 0.15) is 18.4 Å². The summed E-state index contributed by atoms with van der Waals surface area (Å²) >= 11 is 0. The van der Waals surface area contributed by atoms with E-state index in [4.69, 9.17) is 0 Å². The number of piperidine rings is 1. The topological polar surface area (TPSA) is 25.2 Å². The molecule has 3 nitrogen and oxygen atoms in total. The molecule has 3 aromatic rings. The smallest absolute Gasteiger partial charge is 0.258 e. The number of hydrogen-bond donors (Lipinski definition) is 0. The molecule has 2 heterocycles. The van der Waals surface area contributed by atoms with Crippen LogP contribution in [0, 0.1) is 5.92 Å². The minimum absolute atomic E-state index is 0.137. The molecule has 25 heavy (non-hydrogen) atoms. The molecular formula is C22H24N2O. The van der Waals surface area contributed by atoms with Gasteiger partial charge in [-0.2, -0.15) is 0 Å². The fraction of sp³-hybridized carbons (Fsp3) is 0.318. The molecule has 128 valence electrons. The van der Waals surface area contributed by atoms with Crippen LogP contribution in [0.4, 0.5) is 0 Å². The Bertz CT molecular complexity index is 901. The van der Waals surface area contributed by atoms with Crippen LogP contribution in [-0.2, 0) is 13.1 Å². The van der Waals surface area contributed by atoms with Crippen molar-refractivity contribution in [3.05, 3.63) is 82.8 Å². The normalized spacial score (nSPS) is 18.5. The molecule has 1 aliphatic heterocycles. The molecular weight excluding hydrogens is 308 g/mol. The Balaban J connectivity index is 1.47. The van der Waals surface area contributed by atoms with Gasteiger partial charge in [-0.25, -0.2) is 0 Å². The second kappa shape index (κ2) is 7.24. The highest BCUT2D eigenvalue weighted by Crippen LogP contribution is 2.20. The minimum Gasteiger partial charge on any atom is -0.315 e. The Kier molecular flexibility index (Phi) is 4.66. The Labute approximate surface area is 148 Å². The molecule has 0 radical (unpaired) electrons. The molecule has 0 N–H and O–H groups in total. The SMILES string of the molecule is O=c1c2ccccc2ccn1C[C@@H]1CCCN(Cc2ccccc2)C1. The number of hydrogen-bond acceptors (Lipinski definition) is 2. The van der Waals surface area contributed by atoms with E-state index in [0.717, 1.165) is 37.0 Å². The monoisotopic (exact) mass is 332 g/mol. The summed E-state index contributed by atoms with van der Waals surface area (Å²) in [7, 11) is 0. The lowest BCUT2D eigenvalue weighted by atomic mass is 9.97.